The molecule has 0 aromatic heterocycles. The predicted molar refractivity (Wildman–Crippen MR) is 107 cm³/mol. The summed E-state index contributed by atoms with van der Waals surface area (Å²) in [6.07, 6.45) is 10.5. The molecule has 3 aliphatic carbocycles. The van der Waals surface area contributed by atoms with E-state index in [9.17, 15) is 0 Å². The van der Waals surface area contributed by atoms with Crippen molar-refractivity contribution in [2.45, 2.75) is 65.4 Å². The molecule has 0 N–H and O–H groups in total. The van der Waals surface area contributed by atoms with Gasteiger partial charge in [0.1, 0.15) is 5.75 Å². The van der Waals surface area contributed by atoms with Crippen molar-refractivity contribution < 1.29 is 9.47 Å². The Kier molecular flexibility index (Phi) is 4.90. The minimum Gasteiger partial charge on any atom is -0.497 e. The minimum absolute atomic E-state index is 0.366. The molecule has 0 saturated heterocycles. The van der Waals surface area contributed by atoms with Crippen molar-refractivity contribution in [3.05, 3.63) is 34.9 Å². The lowest BCUT2D eigenvalue weighted by atomic mass is 9.61. The predicted octanol–water partition coefficient (Wildman–Crippen LogP) is 5.89. The maximum absolute atomic E-state index is 6.40. The summed E-state index contributed by atoms with van der Waals surface area (Å²) < 4.78 is 11.9. The second-order valence-electron chi connectivity index (χ2n) is 9.33. The summed E-state index contributed by atoms with van der Waals surface area (Å²) in [5.41, 5.74) is 4.93. The Morgan fingerprint density at radius 2 is 2.00 bits per heavy atom. The average Bonchev–Trinajstić information content (AvgIpc) is 2.84. The minimum atomic E-state index is 0.366. The summed E-state index contributed by atoms with van der Waals surface area (Å²) >= 11 is 0. The van der Waals surface area contributed by atoms with E-state index in [1.54, 1.807) is 12.7 Å². The number of aryl methyl sites for hydroxylation is 1. The number of fused-ring (bicyclic) bond motifs is 4. The summed E-state index contributed by atoms with van der Waals surface area (Å²) in [5.74, 6) is 3.13. The molecule has 142 valence electrons. The molecule has 1 aromatic rings. The lowest BCUT2D eigenvalue weighted by molar-refractivity contribution is -0.0562. The van der Waals surface area contributed by atoms with Gasteiger partial charge in [-0.2, -0.15) is 0 Å². The summed E-state index contributed by atoms with van der Waals surface area (Å²) in [7, 11) is 1.76. The summed E-state index contributed by atoms with van der Waals surface area (Å²) in [6, 6.07) is 6.60. The van der Waals surface area contributed by atoms with Crippen LogP contribution in [0.25, 0.3) is 6.08 Å². The molecular weight excluding hydrogens is 320 g/mol. The van der Waals surface area contributed by atoms with Crippen LogP contribution in [-0.2, 0) is 11.2 Å². The number of methoxy groups -OCH3 is 1. The molecule has 26 heavy (non-hydrogen) atoms. The largest absolute Gasteiger partial charge is 0.497 e. The van der Waals surface area contributed by atoms with Gasteiger partial charge in [0, 0.05) is 6.61 Å². The van der Waals surface area contributed by atoms with Crippen molar-refractivity contribution >= 4 is 6.08 Å². The first kappa shape index (κ1) is 18.1. The highest BCUT2D eigenvalue weighted by atomic mass is 16.5. The van der Waals surface area contributed by atoms with Crippen molar-refractivity contribution in [1.29, 1.82) is 0 Å². The van der Waals surface area contributed by atoms with Gasteiger partial charge in [-0.25, -0.2) is 0 Å². The standard InChI is InChI=1S/C24H34O2/c1-16(2)15-26-23-10-9-22-21-8-6-18-14-20(25-4)7-5-17(18)13-19(21)11-12-24(22,23)3/h5,7,13-14,16,21-23H,6,8-12,15H2,1-4H3/t21-,22+,23+,24+/m1/s1. The Balaban J connectivity index is 1.57. The molecule has 1 aromatic carbocycles. The molecule has 0 unspecified atom stereocenters. The zero-order valence-corrected chi connectivity index (χ0v) is 16.9. The van der Waals surface area contributed by atoms with Gasteiger partial charge in [-0.1, -0.05) is 38.5 Å². The SMILES string of the molecule is COc1ccc2c(c1)CC[C@@H]1C(=C2)CC[C@]2(C)[C@@H](OCC(C)C)CC[C@@H]12. The Labute approximate surface area is 159 Å². The van der Waals surface area contributed by atoms with Crippen LogP contribution in [0, 0.1) is 23.2 Å². The topological polar surface area (TPSA) is 18.5 Å². The van der Waals surface area contributed by atoms with Crippen molar-refractivity contribution in [2.24, 2.45) is 23.2 Å². The first-order valence-corrected chi connectivity index (χ1v) is 10.5. The van der Waals surface area contributed by atoms with Gasteiger partial charge < -0.3 is 9.47 Å². The summed E-state index contributed by atoms with van der Waals surface area (Å²) in [5, 5.41) is 0. The van der Waals surface area contributed by atoms with E-state index in [-0.39, 0.29) is 0 Å². The number of ether oxygens (including phenoxy) is 2. The molecule has 4 atom stereocenters. The van der Waals surface area contributed by atoms with E-state index in [1.807, 2.05) is 0 Å². The molecule has 2 saturated carbocycles. The Hall–Kier alpha value is -1.28. The van der Waals surface area contributed by atoms with Gasteiger partial charge >= 0.3 is 0 Å². The average molecular weight is 355 g/mol. The summed E-state index contributed by atoms with van der Waals surface area (Å²) in [6.45, 7) is 7.94. The Bertz CT molecular complexity index is 689. The van der Waals surface area contributed by atoms with Crippen LogP contribution in [0.1, 0.15) is 64.0 Å². The van der Waals surface area contributed by atoms with Gasteiger partial charge in [-0.05, 0) is 85.0 Å². The number of benzene rings is 1. The van der Waals surface area contributed by atoms with E-state index in [2.05, 4.69) is 45.0 Å². The molecule has 0 bridgehead atoms. The lowest BCUT2D eigenvalue weighted by Crippen LogP contribution is -2.41. The van der Waals surface area contributed by atoms with E-state index in [4.69, 9.17) is 9.47 Å². The van der Waals surface area contributed by atoms with Gasteiger partial charge in [0.2, 0.25) is 0 Å². The molecule has 0 radical (unpaired) electrons. The number of hydrogen-bond donors (Lipinski definition) is 0. The summed E-state index contributed by atoms with van der Waals surface area (Å²) in [4.78, 5) is 0. The zero-order chi connectivity index (χ0) is 18.3. The van der Waals surface area contributed by atoms with Crippen LogP contribution in [0.5, 0.6) is 5.75 Å². The molecule has 4 rings (SSSR count). The molecule has 2 fully saturated rings. The highest BCUT2D eigenvalue weighted by Crippen LogP contribution is 2.58. The molecule has 0 aliphatic heterocycles. The third-order valence-electron chi connectivity index (χ3n) is 7.28. The van der Waals surface area contributed by atoms with Gasteiger partial charge in [-0.3, -0.25) is 0 Å². The molecule has 0 spiro atoms. The van der Waals surface area contributed by atoms with Crippen LogP contribution in [0.15, 0.2) is 23.8 Å². The fraction of sp³-hybridized carbons (Fsp3) is 0.667. The van der Waals surface area contributed by atoms with Crippen LogP contribution < -0.4 is 4.74 Å². The van der Waals surface area contributed by atoms with E-state index in [1.165, 1.54) is 49.7 Å². The number of rotatable bonds is 4. The molecule has 2 heteroatoms. The molecule has 3 aliphatic rings. The van der Waals surface area contributed by atoms with Gasteiger partial charge in [0.25, 0.3) is 0 Å². The van der Waals surface area contributed by atoms with Crippen LogP contribution in [0.4, 0.5) is 0 Å². The zero-order valence-electron chi connectivity index (χ0n) is 16.9. The van der Waals surface area contributed by atoms with Crippen molar-refractivity contribution in [3.8, 4) is 5.75 Å². The third kappa shape index (κ3) is 3.11. The Morgan fingerprint density at radius 3 is 2.77 bits per heavy atom. The second kappa shape index (κ2) is 7.03. The number of hydrogen-bond acceptors (Lipinski definition) is 2. The maximum Gasteiger partial charge on any atom is 0.119 e. The fourth-order valence-corrected chi connectivity index (χ4v) is 5.82. The van der Waals surface area contributed by atoms with E-state index >= 15 is 0 Å². The fourth-order valence-electron chi connectivity index (χ4n) is 5.82. The van der Waals surface area contributed by atoms with E-state index in [0.717, 1.165) is 24.2 Å². The van der Waals surface area contributed by atoms with Crippen molar-refractivity contribution in [3.63, 3.8) is 0 Å². The quantitative estimate of drug-likeness (QED) is 0.671. The highest BCUT2D eigenvalue weighted by Gasteiger charge is 2.53. The molecule has 2 nitrogen and oxygen atoms in total. The van der Waals surface area contributed by atoms with Crippen LogP contribution >= 0.6 is 0 Å². The normalized spacial score (nSPS) is 33.1. The third-order valence-corrected chi connectivity index (χ3v) is 7.28. The molecule has 0 amide bonds. The highest BCUT2D eigenvalue weighted by molar-refractivity contribution is 5.60. The van der Waals surface area contributed by atoms with Gasteiger partial charge in [-0.15, -0.1) is 0 Å². The van der Waals surface area contributed by atoms with Crippen LogP contribution in [-0.4, -0.2) is 19.8 Å². The maximum atomic E-state index is 6.40. The molecule has 0 heterocycles. The van der Waals surface area contributed by atoms with Crippen LogP contribution in [0.2, 0.25) is 0 Å². The smallest absolute Gasteiger partial charge is 0.119 e. The van der Waals surface area contributed by atoms with E-state index < -0.39 is 0 Å². The molecular formula is C24H34O2. The first-order valence-electron chi connectivity index (χ1n) is 10.5. The second-order valence-corrected chi connectivity index (χ2v) is 9.33. The van der Waals surface area contributed by atoms with Crippen molar-refractivity contribution in [1.82, 2.24) is 0 Å². The lowest BCUT2D eigenvalue weighted by Gasteiger charge is -2.46. The first-order chi connectivity index (χ1) is 12.5. The Morgan fingerprint density at radius 1 is 1.15 bits per heavy atom. The number of allylic oxidation sites excluding steroid dienone is 1. The monoisotopic (exact) mass is 354 g/mol. The van der Waals surface area contributed by atoms with E-state index in [0.29, 0.717) is 17.4 Å². The van der Waals surface area contributed by atoms with Gasteiger partial charge in [0.15, 0.2) is 0 Å². The van der Waals surface area contributed by atoms with Crippen LogP contribution in [0.3, 0.4) is 0 Å². The van der Waals surface area contributed by atoms with Crippen molar-refractivity contribution in [2.75, 3.05) is 13.7 Å². The van der Waals surface area contributed by atoms with Gasteiger partial charge in [0.05, 0.1) is 13.2 Å².